The number of rotatable bonds is 17. The van der Waals surface area contributed by atoms with Gasteiger partial charge in [0.05, 0.1) is 5.41 Å². The van der Waals surface area contributed by atoms with Crippen molar-refractivity contribution in [2.24, 2.45) is 5.41 Å². The molecule has 2 aromatic carbocycles. The van der Waals surface area contributed by atoms with Gasteiger partial charge in [0.15, 0.2) is 0 Å². The van der Waals surface area contributed by atoms with E-state index in [1.807, 2.05) is 24.3 Å². The summed E-state index contributed by atoms with van der Waals surface area (Å²) in [6, 6.07) is 13.0. The van der Waals surface area contributed by atoms with Crippen molar-refractivity contribution in [1.29, 1.82) is 0 Å². The molecule has 246 valence electrons. The van der Waals surface area contributed by atoms with Gasteiger partial charge in [-0.25, -0.2) is 0 Å². The van der Waals surface area contributed by atoms with E-state index in [-0.39, 0.29) is 42.1 Å². The van der Waals surface area contributed by atoms with Crippen molar-refractivity contribution < 1.29 is 42.1 Å². The maximum atomic E-state index is 13.1. The van der Waals surface area contributed by atoms with E-state index in [0.29, 0.717) is 19.3 Å². The Bertz CT molecular complexity index is 1220. The highest BCUT2D eigenvalue weighted by Gasteiger charge is 2.56. The number of halogens is 5. The number of thioether (sulfide) groups is 1. The van der Waals surface area contributed by atoms with Gasteiger partial charge in [-0.1, -0.05) is 76.5 Å². The molecule has 3 rings (SSSR count). The zero-order valence-corrected chi connectivity index (χ0v) is 26.4. The van der Waals surface area contributed by atoms with Crippen LogP contribution in [-0.4, -0.2) is 39.1 Å². The fraction of sp³-hybridized carbons (Fsp3) is 0.618. The highest BCUT2D eigenvalue weighted by Crippen LogP contribution is 2.52. The molecule has 0 aromatic heterocycles. The molecule has 0 aliphatic carbocycles. The van der Waals surface area contributed by atoms with Gasteiger partial charge < -0.3 is 15.3 Å². The number of aliphatic carboxylic acids is 1. The van der Waals surface area contributed by atoms with E-state index in [1.165, 1.54) is 11.1 Å². The van der Waals surface area contributed by atoms with Crippen LogP contribution in [0.4, 0.5) is 22.0 Å². The molecule has 2 aromatic rings. The van der Waals surface area contributed by atoms with Crippen LogP contribution in [0.2, 0.25) is 0 Å². The average molecular weight is 645 g/mol. The summed E-state index contributed by atoms with van der Waals surface area (Å²) in [4.78, 5) is 13.0. The molecule has 1 heterocycles. The fourth-order valence-electron chi connectivity index (χ4n) is 6.30. The van der Waals surface area contributed by atoms with E-state index < -0.39 is 29.9 Å². The quantitative estimate of drug-likeness (QED) is 0.118. The molecule has 0 saturated heterocycles. The number of carboxylic acids is 1. The Labute approximate surface area is 261 Å². The Hall–Kier alpha value is -2.49. The van der Waals surface area contributed by atoms with Crippen molar-refractivity contribution in [2.75, 3.05) is 5.75 Å². The first-order valence-electron chi connectivity index (χ1n) is 15.5. The molecule has 44 heavy (non-hydrogen) atoms. The maximum absolute atomic E-state index is 13.1. The van der Waals surface area contributed by atoms with E-state index in [0.717, 1.165) is 49.2 Å². The molecule has 4 nitrogen and oxygen atoms in total. The molecular weight excluding hydrogens is 599 g/mol. The number of benzene rings is 2. The summed E-state index contributed by atoms with van der Waals surface area (Å²) >= 11 is 1.74. The van der Waals surface area contributed by atoms with Crippen LogP contribution in [-0.2, 0) is 10.2 Å². The van der Waals surface area contributed by atoms with E-state index in [1.54, 1.807) is 36.9 Å². The van der Waals surface area contributed by atoms with Gasteiger partial charge in [-0.3, -0.25) is 4.79 Å². The van der Waals surface area contributed by atoms with Crippen LogP contribution in [0.3, 0.4) is 0 Å². The van der Waals surface area contributed by atoms with Crippen molar-refractivity contribution in [2.45, 2.75) is 126 Å². The summed E-state index contributed by atoms with van der Waals surface area (Å²) < 4.78 is 63.1. The third-order valence-corrected chi connectivity index (χ3v) is 10.7. The molecule has 3 N–H and O–H groups in total. The highest BCUT2D eigenvalue weighted by molar-refractivity contribution is 7.99. The zero-order valence-electron chi connectivity index (χ0n) is 25.6. The standard InChI is InChI=1S/C34H45F5O4S/c1-31(30(42)43,20-10-7-11-21-33(35,36)34(37,38)39)19-9-6-4-3-5-8-12-28-27-18-17-26(41)22-29(27)44-23-32(28,2)24-13-15-25(40)16-14-24/h13-18,22,28,40-41H,3-12,19-21,23H2,1-2H3,(H,42,43)/t28-,31?,32-/m1/s1. The highest BCUT2D eigenvalue weighted by atomic mass is 32.2. The van der Waals surface area contributed by atoms with Crippen molar-refractivity contribution >= 4 is 17.7 Å². The summed E-state index contributed by atoms with van der Waals surface area (Å²) in [6.45, 7) is 3.90. The molecule has 10 heteroatoms. The lowest BCUT2D eigenvalue weighted by Crippen LogP contribution is -2.36. The van der Waals surface area contributed by atoms with Gasteiger partial charge in [0, 0.05) is 22.5 Å². The van der Waals surface area contributed by atoms with Gasteiger partial charge in [-0.05, 0) is 73.9 Å². The molecule has 0 radical (unpaired) electrons. The van der Waals surface area contributed by atoms with Crippen LogP contribution in [0.15, 0.2) is 47.4 Å². The molecular formula is C34H45F5O4S. The molecule has 0 fully saturated rings. The molecule has 1 aliphatic rings. The zero-order chi connectivity index (χ0) is 32.6. The number of fused-ring (bicyclic) bond motifs is 1. The van der Waals surface area contributed by atoms with Crippen molar-refractivity contribution in [1.82, 2.24) is 0 Å². The van der Waals surface area contributed by atoms with Gasteiger partial charge in [-0.15, -0.1) is 11.8 Å². The minimum atomic E-state index is -5.55. The summed E-state index contributed by atoms with van der Waals surface area (Å²) in [5.41, 5.74) is 1.25. The second-order valence-electron chi connectivity index (χ2n) is 12.8. The van der Waals surface area contributed by atoms with E-state index in [9.17, 15) is 42.1 Å². The van der Waals surface area contributed by atoms with Gasteiger partial charge in [0.25, 0.3) is 0 Å². The number of aromatic hydroxyl groups is 2. The largest absolute Gasteiger partial charge is 0.508 e. The number of carbonyl (C=O) groups is 1. The molecule has 0 spiro atoms. The van der Waals surface area contributed by atoms with Crippen molar-refractivity contribution in [3.63, 3.8) is 0 Å². The van der Waals surface area contributed by atoms with Crippen LogP contribution >= 0.6 is 11.8 Å². The molecule has 0 amide bonds. The third kappa shape index (κ3) is 9.27. The molecule has 1 aliphatic heterocycles. The number of carboxylic acid groups (broad SMARTS) is 1. The second-order valence-corrected chi connectivity index (χ2v) is 13.8. The first kappa shape index (κ1) is 36.0. The Morgan fingerprint density at radius 2 is 1.34 bits per heavy atom. The monoisotopic (exact) mass is 644 g/mol. The molecule has 1 unspecified atom stereocenters. The van der Waals surface area contributed by atoms with Gasteiger partial charge in [0.1, 0.15) is 11.5 Å². The van der Waals surface area contributed by atoms with Crippen molar-refractivity contribution in [3.8, 4) is 11.5 Å². The van der Waals surface area contributed by atoms with E-state index in [4.69, 9.17) is 0 Å². The predicted octanol–water partition coefficient (Wildman–Crippen LogP) is 10.6. The smallest absolute Gasteiger partial charge is 0.453 e. The first-order valence-corrected chi connectivity index (χ1v) is 16.5. The Balaban J connectivity index is 1.43. The van der Waals surface area contributed by atoms with Gasteiger partial charge >= 0.3 is 18.1 Å². The van der Waals surface area contributed by atoms with E-state index >= 15 is 0 Å². The Morgan fingerprint density at radius 3 is 1.93 bits per heavy atom. The van der Waals surface area contributed by atoms with E-state index in [2.05, 4.69) is 6.92 Å². The van der Waals surface area contributed by atoms with Gasteiger partial charge in [-0.2, -0.15) is 22.0 Å². The lowest BCUT2D eigenvalue weighted by molar-refractivity contribution is -0.284. The molecule has 3 atom stereocenters. The Morgan fingerprint density at radius 1 is 0.818 bits per heavy atom. The van der Waals surface area contributed by atoms with Crippen LogP contribution in [0.5, 0.6) is 11.5 Å². The van der Waals surface area contributed by atoms with Gasteiger partial charge in [0.2, 0.25) is 0 Å². The number of hydrogen-bond donors (Lipinski definition) is 3. The minimum absolute atomic E-state index is 0.131. The summed E-state index contributed by atoms with van der Waals surface area (Å²) in [6.07, 6.45) is 0.561. The fourth-order valence-corrected chi connectivity index (χ4v) is 7.70. The summed E-state index contributed by atoms with van der Waals surface area (Å²) in [5, 5.41) is 29.6. The topological polar surface area (TPSA) is 77.8 Å². The number of phenols is 2. The summed E-state index contributed by atoms with van der Waals surface area (Å²) in [7, 11) is 0. The minimum Gasteiger partial charge on any atom is -0.508 e. The van der Waals surface area contributed by atoms with Crippen LogP contribution in [0.25, 0.3) is 0 Å². The number of hydrogen-bond acceptors (Lipinski definition) is 4. The van der Waals surface area contributed by atoms with Crippen LogP contribution < -0.4 is 0 Å². The second kappa shape index (κ2) is 15.2. The summed E-state index contributed by atoms with van der Waals surface area (Å²) in [5.74, 6) is -4.07. The predicted molar refractivity (Wildman–Crippen MR) is 164 cm³/mol. The normalized spacial score (nSPS) is 20.2. The van der Waals surface area contributed by atoms with Crippen molar-refractivity contribution in [3.05, 3.63) is 53.6 Å². The first-order chi connectivity index (χ1) is 20.6. The SMILES string of the molecule is CC(CCCCCCCC[C@@H]1c2ccc(O)cc2SC[C@]1(C)c1ccc(O)cc1)(CCCCCC(F)(F)C(F)(F)F)C(=O)O. The number of alkyl halides is 5. The molecule has 0 bridgehead atoms. The lowest BCUT2D eigenvalue weighted by atomic mass is 9.68. The maximum Gasteiger partial charge on any atom is 0.453 e. The lowest BCUT2D eigenvalue weighted by Gasteiger charge is -2.43. The third-order valence-electron chi connectivity index (χ3n) is 9.32. The van der Waals surface area contributed by atoms with Crippen LogP contribution in [0, 0.1) is 5.41 Å². The number of unbranched alkanes of at least 4 members (excludes halogenated alkanes) is 7. The average Bonchev–Trinajstić information content (AvgIpc) is 2.94. The number of phenolic OH excluding ortho intramolecular Hbond substituents is 2. The van der Waals surface area contributed by atoms with Crippen LogP contribution in [0.1, 0.15) is 114 Å². The Kier molecular flexibility index (Phi) is 12.4. The molecule has 0 saturated carbocycles.